The highest BCUT2D eigenvalue weighted by atomic mass is 16.5. The Balaban J connectivity index is 1.57. The van der Waals surface area contributed by atoms with Crippen molar-refractivity contribution in [1.82, 2.24) is 5.32 Å². The van der Waals surface area contributed by atoms with Crippen LogP contribution in [-0.4, -0.2) is 43.3 Å². The monoisotopic (exact) mass is 422 g/mol. The van der Waals surface area contributed by atoms with Crippen LogP contribution in [0.4, 0.5) is 5.69 Å². The lowest BCUT2D eigenvalue weighted by molar-refractivity contribution is -0.148. The van der Waals surface area contributed by atoms with E-state index in [-0.39, 0.29) is 36.4 Å². The lowest BCUT2D eigenvalue weighted by Gasteiger charge is -2.20. The first-order valence-electron chi connectivity index (χ1n) is 10.2. The average Bonchev–Trinajstić information content (AvgIpc) is 3.03. The van der Waals surface area contributed by atoms with E-state index in [2.05, 4.69) is 5.32 Å². The molecule has 2 aromatic carbocycles. The predicted octanol–water partition coefficient (Wildman–Crippen LogP) is 2.31. The van der Waals surface area contributed by atoms with Crippen molar-refractivity contribution < 1.29 is 23.9 Å². The molecule has 1 aliphatic heterocycles. The van der Waals surface area contributed by atoms with Crippen molar-refractivity contribution in [2.24, 2.45) is 5.92 Å². The Kier molecular flexibility index (Phi) is 6.84. The van der Waals surface area contributed by atoms with Crippen LogP contribution in [0.1, 0.15) is 35.3 Å². The first kappa shape index (κ1) is 22.2. The Morgan fingerprint density at radius 3 is 2.48 bits per heavy atom. The van der Waals surface area contributed by atoms with Crippen LogP contribution in [0.5, 0.6) is 0 Å². The second kappa shape index (κ2) is 9.55. The van der Waals surface area contributed by atoms with Crippen LogP contribution < -0.4 is 10.2 Å². The minimum Gasteiger partial charge on any atom is -0.456 e. The molecule has 31 heavy (non-hydrogen) atoms. The molecule has 2 amide bonds. The molecule has 0 unspecified atom stereocenters. The number of Topliss-reactive ketones (excluding diaryl/α,β-unsaturated/α-hetero) is 1. The number of carbonyl (C=O) groups excluding carboxylic acids is 4. The topological polar surface area (TPSA) is 92.8 Å². The third-order valence-electron chi connectivity index (χ3n) is 5.27. The highest BCUT2D eigenvalue weighted by Crippen LogP contribution is 2.28. The number of benzene rings is 2. The van der Waals surface area contributed by atoms with Crippen molar-refractivity contribution in [3.63, 3.8) is 0 Å². The SMILES string of the molecule is CC(C)[C@H](NC(=O)Cc1ccccc1)C(=O)OCC(=O)c1ccc2c(c1)CC(=O)N2C. The van der Waals surface area contributed by atoms with Crippen LogP contribution in [0.3, 0.4) is 0 Å². The van der Waals surface area contributed by atoms with Gasteiger partial charge in [-0.2, -0.15) is 0 Å². The smallest absolute Gasteiger partial charge is 0.329 e. The van der Waals surface area contributed by atoms with Gasteiger partial charge in [0, 0.05) is 18.3 Å². The first-order valence-corrected chi connectivity index (χ1v) is 10.2. The van der Waals surface area contributed by atoms with Crippen LogP contribution in [0.2, 0.25) is 0 Å². The van der Waals surface area contributed by atoms with Crippen molar-refractivity contribution in [1.29, 1.82) is 0 Å². The van der Waals surface area contributed by atoms with Crippen molar-refractivity contribution in [3.8, 4) is 0 Å². The van der Waals surface area contributed by atoms with E-state index >= 15 is 0 Å². The molecule has 1 aliphatic rings. The zero-order valence-electron chi connectivity index (χ0n) is 17.9. The number of likely N-dealkylation sites (N-methyl/N-ethyl adjacent to an activating group) is 1. The minimum absolute atomic E-state index is 0.0305. The van der Waals surface area contributed by atoms with E-state index in [1.54, 1.807) is 44.0 Å². The van der Waals surface area contributed by atoms with Gasteiger partial charge in [-0.05, 0) is 35.2 Å². The molecule has 0 aromatic heterocycles. The van der Waals surface area contributed by atoms with Gasteiger partial charge in [-0.15, -0.1) is 0 Å². The van der Waals surface area contributed by atoms with Gasteiger partial charge < -0.3 is 15.0 Å². The molecular weight excluding hydrogens is 396 g/mol. The summed E-state index contributed by atoms with van der Waals surface area (Å²) in [5.41, 5.74) is 2.77. The van der Waals surface area contributed by atoms with Gasteiger partial charge in [0.2, 0.25) is 11.8 Å². The van der Waals surface area contributed by atoms with Gasteiger partial charge >= 0.3 is 5.97 Å². The van der Waals surface area contributed by atoms with Gasteiger partial charge in [0.05, 0.1) is 12.8 Å². The maximum Gasteiger partial charge on any atom is 0.329 e. The Bertz CT molecular complexity index is 1000. The van der Waals surface area contributed by atoms with Crippen LogP contribution in [0.25, 0.3) is 0 Å². The summed E-state index contributed by atoms with van der Waals surface area (Å²) in [7, 11) is 1.69. The van der Waals surface area contributed by atoms with E-state index < -0.39 is 18.6 Å². The van der Waals surface area contributed by atoms with E-state index in [1.807, 2.05) is 30.3 Å². The Labute approximate surface area is 181 Å². The van der Waals surface area contributed by atoms with Crippen LogP contribution in [0.15, 0.2) is 48.5 Å². The zero-order valence-corrected chi connectivity index (χ0v) is 17.9. The molecule has 2 aromatic rings. The summed E-state index contributed by atoms with van der Waals surface area (Å²) < 4.78 is 5.21. The minimum atomic E-state index is -0.852. The van der Waals surface area contributed by atoms with Gasteiger partial charge in [-0.1, -0.05) is 44.2 Å². The molecule has 0 spiro atoms. The Morgan fingerprint density at radius 2 is 1.81 bits per heavy atom. The number of carbonyl (C=O) groups is 4. The summed E-state index contributed by atoms with van der Waals surface area (Å²) in [6.07, 6.45) is 0.397. The summed E-state index contributed by atoms with van der Waals surface area (Å²) >= 11 is 0. The fourth-order valence-electron chi connectivity index (χ4n) is 3.46. The molecule has 1 heterocycles. The standard InChI is InChI=1S/C24H26N2O5/c1-15(2)23(25-21(28)11-16-7-5-4-6-8-16)24(30)31-14-20(27)17-9-10-19-18(12-17)13-22(29)26(19)3/h4-10,12,15,23H,11,13-14H2,1-3H3,(H,25,28)/t23-/m0/s1. The average molecular weight is 422 g/mol. The van der Waals surface area contributed by atoms with Gasteiger partial charge in [-0.3, -0.25) is 14.4 Å². The van der Waals surface area contributed by atoms with E-state index in [1.165, 1.54) is 0 Å². The van der Waals surface area contributed by atoms with E-state index in [0.717, 1.165) is 16.8 Å². The van der Waals surface area contributed by atoms with Crippen molar-refractivity contribution in [3.05, 3.63) is 65.2 Å². The number of ketones is 1. The fraction of sp³-hybridized carbons (Fsp3) is 0.333. The molecular formula is C24H26N2O5. The molecule has 0 saturated heterocycles. The zero-order chi connectivity index (χ0) is 22.5. The van der Waals surface area contributed by atoms with E-state index in [0.29, 0.717) is 5.56 Å². The molecule has 162 valence electrons. The summed E-state index contributed by atoms with van der Waals surface area (Å²) in [6, 6.07) is 13.4. The van der Waals surface area contributed by atoms with Crippen LogP contribution >= 0.6 is 0 Å². The molecule has 0 aliphatic carbocycles. The summed E-state index contributed by atoms with van der Waals surface area (Å²) in [6.45, 7) is 3.16. The number of nitrogens with zero attached hydrogens (tertiary/aromatic N) is 1. The van der Waals surface area contributed by atoms with Gasteiger partial charge in [0.25, 0.3) is 0 Å². The van der Waals surface area contributed by atoms with Crippen LogP contribution in [0, 0.1) is 5.92 Å². The third kappa shape index (κ3) is 5.36. The molecule has 1 N–H and O–H groups in total. The fourth-order valence-corrected chi connectivity index (χ4v) is 3.46. The highest BCUT2D eigenvalue weighted by Gasteiger charge is 2.28. The normalized spacial score (nSPS) is 13.7. The largest absolute Gasteiger partial charge is 0.456 e. The first-order chi connectivity index (χ1) is 14.8. The lowest BCUT2D eigenvalue weighted by atomic mass is 10.0. The molecule has 7 heteroatoms. The molecule has 3 rings (SSSR count). The number of rotatable bonds is 8. The molecule has 1 atom stereocenters. The van der Waals surface area contributed by atoms with Gasteiger partial charge in [0.1, 0.15) is 6.04 Å². The maximum atomic E-state index is 12.5. The maximum absolute atomic E-state index is 12.5. The Hall–Kier alpha value is -3.48. The summed E-state index contributed by atoms with van der Waals surface area (Å²) in [5, 5.41) is 2.70. The molecule has 7 nitrogen and oxygen atoms in total. The summed E-state index contributed by atoms with van der Waals surface area (Å²) in [5.74, 6) is -1.54. The number of hydrogen-bond donors (Lipinski definition) is 1. The van der Waals surface area contributed by atoms with Crippen molar-refractivity contribution in [2.45, 2.75) is 32.7 Å². The van der Waals surface area contributed by atoms with E-state index in [9.17, 15) is 19.2 Å². The second-order valence-electron chi connectivity index (χ2n) is 7.96. The predicted molar refractivity (Wildman–Crippen MR) is 116 cm³/mol. The number of hydrogen-bond acceptors (Lipinski definition) is 5. The van der Waals surface area contributed by atoms with Crippen molar-refractivity contribution in [2.75, 3.05) is 18.6 Å². The molecule has 0 bridgehead atoms. The molecule has 0 radical (unpaired) electrons. The molecule has 0 fully saturated rings. The molecule has 0 saturated carbocycles. The highest BCUT2D eigenvalue weighted by molar-refractivity contribution is 6.04. The number of ether oxygens (including phenoxy) is 1. The van der Waals surface area contributed by atoms with E-state index in [4.69, 9.17) is 4.74 Å². The van der Waals surface area contributed by atoms with Crippen molar-refractivity contribution >= 4 is 29.3 Å². The van der Waals surface area contributed by atoms with Gasteiger partial charge in [-0.25, -0.2) is 4.79 Å². The quantitative estimate of drug-likeness (QED) is 0.521. The number of nitrogens with one attached hydrogen (secondary N) is 1. The second-order valence-corrected chi connectivity index (χ2v) is 7.96. The van der Waals surface area contributed by atoms with Gasteiger partial charge in [0.15, 0.2) is 12.4 Å². The third-order valence-corrected chi connectivity index (χ3v) is 5.27. The number of esters is 1. The Morgan fingerprint density at radius 1 is 1.10 bits per heavy atom. The summed E-state index contributed by atoms with van der Waals surface area (Å²) in [4.78, 5) is 50.7. The lowest BCUT2D eigenvalue weighted by Crippen LogP contribution is -2.46. The number of anilines is 1. The number of amides is 2. The van der Waals surface area contributed by atoms with Crippen LogP contribution in [-0.2, 0) is 32.0 Å². The number of fused-ring (bicyclic) bond motifs is 1.